The second-order valence-corrected chi connectivity index (χ2v) is 6.84. The van der Waals surface area contributed by atoms with E-state index in [0.717, 1.165) is 31.2 Å². The second kappa shape index (κ2) is 7.85. The molecular weight excluding hydrogens is 341 g/mol. The monoisotopic (exact) mass is 362 g/mol. The fourth-order valence-corrected chi connectivity index (χ4v) is 3.30. The molecule has 4 nitrogen and oxygen atoms in total. The molecule has 3 rings (SSSR count). The number of carbonyl (C=O) groups excluding carboxylic acids is 1. The van der Waals surface area contributed by atoms with Gasteiger partial charge in [0.05, 0.1) is 26.2 Å². The number of hydrogen-bond donors (Lipinski definition) is 2. The Balaban J connectivity index is 1.51. The summed E-state index contributed by atoms with van der Waals surface area (Å²) in [5.74, 6) is -0.356. The number of hydrogen-bond acceptors (Lipinski definition) is 2. The molecule has 2 N–H and O–H groups in total. The van der Waals surface area contributed by atoms with Gasteiger partial charge in [-0.05, 0) is 48.9 Å². The summed E-state index contributed by atoms with van der Waals surface area (Å²) >= 11 is 6.11. The SMILES string of the molecule is Cc1ccc(Cl)cc1N1CC[NH+](CC(=O)Nc2ccc(F)cc2)CC1. The molecule has 0 aromatic heterocycles. The predicted molar refractivity (Wildman–Crippen MR) is 99.0 cm³/mol. The first-order valence-electron chi connectivity index (χ1n) is 8.41. The number of piperazine rings is 1. The number of aryl methyl sites for hydroxylation is 1. The summed E-state index contributed by atoms with van der Waals surface area (Å²) in [7, 11) is 0. The Kier molecular flexibility index (Phi) is 5.56. The molecule has 2 aromatic rings. The topological polar surface area (TPSA) is 36.8 Å². The number of rotatable bonds is 4. The first-order valence-corrected chi connectivity index (χ1v) is 8.79. The minimum absolute atomic E-state index is 0.0472. The summed E-state index contributed by atoms with van der Waals surface area (Å²) < 4.78 is 12.9. The number of quaternary nitrogens is 1. The highest BCUT2D eigenvalue weighted by Crippen LogP contribution is 2.24. The van der Waals surface area contributed by atoms with Crippen LogP contribution < -0.4 is 15.1 Å². The minimum Gasteiger partial charge on any atom is -0.360 e. The zero-order valence-electron chi connectivity index (χ0n) is 14.2. The van der Waals surface area contributed by atoms with Crippen LogP contribution in [0.15, 0.2) is 42.5 Å². The Morgan fingerprint density at radius 3 is 2.56 bits per heavy atom. The molecule has 1 aliphatic rings. The third kappa shape index (κ3) is 4.71. The molecule has 0 spiro atoms. The first kappa shape index (κ1) is 17.7. The van der Waals surface area contributed by atoms with Crippen LogP contribution in [0.4, 0.5) is 15.8 Å². The van der Waals surface area contributed by atoms with Gasteiger partial charge in [0.25, 0.3) is 5.91 Å². The van der Waals surface area contributed by atoms with Gasteiger partial charge in [-0.25, -0.2) is 4.39 Å². The van der Waals surface area contributed by atoms with E-state index in [-0.39, 0.29) is 11.7 Å². The Labute approximate surface area is 152 Å². The Morgan fingerprint density at radius 1 is 1.20 bits per heavy atom. The maximum atomic E-state index is 12.9. The second-order valence-electron chi connectivity index (χ2n) is 6.40. The third-order valence-corrected chi connectivity index (χ3v) is 4.76. The van der Waals surface area contributed by atoms with E-state index in [9.17, 15) is 9.18 Å². The van der Waals surface area contributed by atoms with Crippen LogP contribution in [-0.2, 0) is 4.79 Å². The van der Waals surface area contributed by atoms with Gasteiger partial charge >= 0.3 is 0 Å². The number of carbonyl (C=O) groups is 1. The average Bonchev–Trinajstić information content (AvgIpc) is 2.60. The molecule has 2 aromatic carbocycles. The molecule has 6 heteroatoms. The predicted octanol–water partition coefficient (Wildman–Crippen LogP) is 2.13. The van der Waals surface area contributed by atoms with E-state index in [4.69, 9.17) is 11.6 Å². The van der Waals surface area contributed by atoms with Crippen LogP contribution in [0.3, 0.4) is 0 Å². The van der Waals surface area contributed by atoms with Crippen molar-refractivity contribution in [1.29, 1.82) is 0 Å². The van der Waals surface area contributed by atoms with Crippen molar-refractivity contribution in [2.24, 2.45) is 0 Å². The van der Waals surface area contributed by atoms with Crippen molar-refractivity contribution in [2.75, 3.05) is 42.9 Å². The molecule has 1 amide bonds. The van der Waals surface area contributed by atoms with Gasteiger partial charge in [0.1, 0.15) is 5.82 Å². The number of halogens is 2. The molecule has 1 fully saturated rings. The largest absolute Gasteiger partial charge is 0.360 e. The quantitative estimate of drug-likeness (QED) is 0.874. The summed E-state index contributed by atoms with van der Waals surface area (Å²) in [5.41, 5.74) is 3.00. The number of nitrogens with one attached hydrogen (secondary N) is 2. The van der Waals surface area contributed by atoms with E-state index in [2.05, 4.69) is 17.1 Å². The van der Waals surface area contributed by atoms with Gasteiger partial charge < -0.3 is 15.1 Å². The summed E-state index contributed by atoms with van der Waals surface area (Å²) in [4.78, 5) is 15.7. The smallest absolute Gasteiger partial charge is 0.279 e. The third-order valence-electron chi connectivity index (χ3n) is 4.52. The van der Waals surface area contributed by atoms with Crippen LogP contribution in [0.25, 0.3) is 0 Å². The summed E-state index contributed by atoms with van der Waals surface area (Å²) in [5, 5.41) is 3.56. The van der Waals surface area contributed by atoms with Gasteiger partial charge in [0.2, 0.25) is 0 Å². The number of nitrogens with zero attached hydrogens (tertiary/aromatic N) is 1. The van der Waals surface area contributed by atoms with E-state index in [1.165, 1.54) is 28.3 Å². The lowest BCUT2D eigenvalue weighted by atomic mass is 10.1. The van der Waals surface area contributed by atoms with E-state index < -0.39 is 0 Å². The van der Waals surface area contributed by atoms with Gasteiger partial charge in [-0.2, -0.15) is 0 Å². The Bertz CT molecular complexity index is 743. The molecule has 1 saturated heterocycles. The maximum absolute atomic E-state index is 12.9. The summed E-state index contributed by atoms with van der Waals surface area (Å²) in [6.45, 7) is 6.06. The molecule has 0 saturated carbocycles. The molecule has 0 aliphatic carbocycles. The van der Waals surface area contributed by atoms with Gasteiger partial charge in [0, 0.05) is 16.4 Å². The molecule has 0 radical (unpaired) electrons. The van der Waals surface area contributed by atoms with Crippen molar-refractivity contribution in [3.63, 3.8) is 0 Å². The number of amides is 1. The van der Waals surface area contributed by atoms with Crippen LogP contribution in [0, 0.1) is 12.7 Å². The van der Waals surface area contributed by atoms with E-state index in [1.807, 2.05) is 18.2 Å². The minimum atomic E-state index is -0.309. The van der Waals surface area contributed by atoms with E-state index >= 15 is 0 Å². The molecule has 0 atom stereocenters. The van der Waals surface area contributed by atoms with Crippen LogP contribution >= 0.6 is 11.6 Å². The number of benzene rings is 2. The van der Waals surface area contributed by atoms with Crippen LogP contribution in [-0.4, -0.2) is 38.6 Å². The van der Waals surface area contributed by atoms with Crippen molar-refractivity contribution >= 4 is 28.9 Å². The molecule has 1 aliphatic heterocycles. The molecule has 0 bridgehead atoms. The average molecular weight is 363 g/mol. The van der Waals surface area contributed by atoms with E-state index in [1.54, 1.807) is 12.1 Å². The molecule has 132 valence electrons. The molecular formula is C19H22ClFN3O+. The fraction of sp³-hybridized carbons (Fsp3) is 0.316. The lowest BCUT2D eigenvalue weighted by molar-refractivity contribution is -0.892. The summed E-state index contributed by atoms with van der Waals surface area (Å²) in [6, 6.07) is 11.8. The Hall–Kier alpha value is -2.11. The van der Waals surface area contributed by atoms with Crippen molar-refractivity contribution in [2.45, 2.75) is 6.92 Å². The molecule has 25 heavy (non-hydrogen) atoms. The lowest BCUT2D eigenvalue weighted by Crippen LogP contribution is -3.15. The van der Waals surface area contributed by atoms with E-state index in [0.29, 0.717) is 12.2 Å². The summed E-state index contributed by atoms with van der Waals surface area (Å²) in [6.07, 6.45) is 0. The molecule has 0 unspecified atom stereocenters. The zero-order chi connectivity index (χ0) is 17.8. The zero-order valence-corrected chi connectivity index (χ0v) is 14.9. The standard InChI is InChI=1S/C19H21ClFN3O/c1-14-2-3-15(20)12-18(14)24-10-8-23(9-11-24)13-19(25)22-17-6-4-16(21)5-7-17/h2-7,12H,8-11,13H2,1H3,(H,22,25)/p+1. The van der Waals surface area contributed by atoms with Gasteiger partial charge in [-0.3, -0.25) is 4.79 Å². The van der Waals surface area contributed by atoms with Crippen molar-refractivity contribution < 1.29 is 14.1 Å². The van der Waals surface area contributed by atoms with Crippen LogP contribution in [0.2, 0.25) is 5.02 Å². The van der Waals surface area contributed by atoms with Crippen molar-refractivity contribution in [1.82, 2.24) is 0 Å². The maximum Gasteiger partial charge on any atom is 0.279 e. The molecule has 1 heterocycles. The Morgan fingerprint density at radius 2 is 1.88 bits per heavy atom. The van der Waals surface area contributed by atoms with Crippen LogP contribution in [0.1, 0.15) is 5.56 Å². The van der Waals surface area contributed by atoms with Crippen LogP contribution in [0.5, 0.6) is 0 Å². The highest BCUT2D eigenvalue weighted by atomic mass is 35.5. The lowest BCUT2D eigenvalue weighted by Gasteiger charge is -2.34. The first-order chi connectivity index (χ1) is 12.0. The van der Waals surface area contributed by atoms with Gasteiger partial charge in [-0.15, -0.1) is 0 Å². The number of anilines is 2. The fourth-order valence-electron chi connectivity index (χ4n) is 3.13. The van der Waals surface area contributed by atoms with Crippen molar-refractivity contribution in [3.05, 3.63) is 58.9 Å². The van der Waals surface area contributed by atoms with Gasteiger partial charge in [-0.1, -0.05) is 17.7 Å². The van der Waals surface area contributed by atoms with Crippen molar-refractivity contribution in [3.8, 4) is 0 Å². The highest BCUT2D eigenvalue weighted by molar-refractivity contribution is 6.30. The highest BCUT2D eigenvalue weighted by Gasteiger charge is 2.23. The normalized spacial score (nSPS) is 15.2. The van der Waals surface area contributed by atoms with Gasteiger partial charge in [0.15, 0.2) is 6.54 Å².